The zero-order chi connectivity index (χ0) is 24.7. The van der Waals surface area contributed by atoms with Gasteiger partial charge < -0.3 is 10.2 Å². The SMILES string of the molecule is Cc1ccc([C@@](O)(c2ccccc2Cl)[C@@](O)(c2ccc(C)c(C)c2)c2ccccc2Cl)cc1C. The van der Waals surface area contributed by atoms with Gasteiger partial charge in [0.2, 0.25) is 0 Å². The fourth-order valence-corrected chi connectivity index (χ4v) is 5.11. The number of halogens is 2. The highest BCUT2D eigenvalue weighted by Gasteiger charge is 2.56. The van der Waals surface area contributed by atoms with Crippen LogP contribution in [-0.4, -0.2) is 10.2 Å². The minimum atomic E-state index is -1.96. The first kappa shape index (κ1) is 24.5. The normalized spacial score (nSPS) is 14.9. The number of hydrogen-bond donors (Lipinski definition) is 2. The lowest BCUT2D eigenvalue weighted by Gasteiger charge is -2.46. The zero-order valence-electron chi connectivity index (χ0n) is 19.7. The highest BCUT2D eigenvalue weighted by Crippen LogP contribution is 2.53. The van der Waals surface area contributed by atoms with Crippen molar-refractivity contribution in [2.24, 2.45) is 0 Å². The van der Waals surface area contributed by atoms with E-state index in [2.05, 4.69) is 0 Å². The first-order valence-electron chi connectivity index (χ1n) is 11.2. The molecular weight excluding hydrogens is 463 g/mol. The van der Waals surface area contributed by atoms with Crippen LogP contribution in [0, 0.1) is 27.7 Å². The largest absolute Gasteiger partial charge is 0.377 e. The lowest BCUT2D eigenvalue weighted by Crippen LogP contribution is -2.51. The molecule has 0 radical (unpaired) electrons. The minimum Gasteiger partial charge on any atom is -0.377 e. The lowest BCUT2D eigenvalue weighted by molar-refractivity contribution is -0.113. The maximum absolute atomic E-state index is 12.9. The molecule has 4 aromatic carbocycles. The Morgan fingerprint density at radius 1 is 0.500 bits per heavy atom. The highest BCUT2D eigenvalue weighted by molar-refractivity contribution is 6.32. The molecule has 0 fully saturated rings. The maximum atomic E-state index is 12.9. The summed E-state index contributed by atoms with van der Waals surface area (Å²) >= 11 is 13.4. The minimum absolute atomic E-state index is 0.345. The van der Waals surface area contributed by atoms with Gasteiger partial charge in [-0.3, -0.25) is 0 Å². The summed E-state index contributed by atoms with van der Waals surface area (Å²) in [5, 5.41) is 26.4. The van der Waals surface area contributed by atoms with E-state index in [0.717, 1.165) is 22.3 Å². The Hall–Kier alpha value is -2.62. The Balaban J connectivity index is 2.19. The van der Waals surface area contributed by atoms with Crippen molar-refractivity contribution >= 4 is 23.2 Å². The number of aryl methyl sites for hydroxylation is 4. The number of rotatable bonds is 5. The van der Waals surface area contributed by atoms with E-state index in [9.17, 15) is 10.2 Å². The quantitative estimate of drug-likeness (QED) is 0.305. The van der Waals surface area contributed by atoms with Gasteiger partial charge in [-0.15, -0.1) is 0 Å². The molecule has 0 unspecified atom stereocenters. The molecule has 0 amide bonds. The molecule has 0 heterocycles. The molecule has 0 saturated carbocycles. The van der Waals surface area contributed by atoms with Gasteiger partial charge in [-0.1, -0.05) is 96.0 Å². The zero-order valence-corrected chi connectivity index (χ0v) is 21.2. The Kier molecular flexibility index (Phi) is 6.63. The molecule has 0 aromatic heterocycles. The van der Waals surface area contributed by atoms with E-state index in [4.69, 9.17) is 23.2 Å². The Labute approximate surface area is 211 Å². The summed E-state index contributed by atoms with van der Waals surface area (Å²) in [6, 6.07) is 25.5. The molecule has 0 aliphatic rings. The molecule has 0 saturated heterocycles. The van der Waals surface area contributed by atoms with Crippen molar-refractivity contribution in [3.8, 4) is 0 Å². The predicted molar refractivity (Wildman–Crippen MR) is 141 cm³/mol. The van der Waals surface area contributed by atoms with Crippen molar-refractivity contribution in [2.75, 3.05) is 0 Å². The summed E-state index contributed by atoms with van der Waals surface area (Å²) in [7, 11) is 0. The highest BCUT2D eigenvalue weighted by atomic mass is 35.5. The molecule has 4 aromatic rings. The van der Waals surface area contributed by atoms with Crippen LogP contribution < -0.4 is 0 Å². The first-order valence-corrected chi connectivity index (χ1v) is 12.0. The van der Waals surface area contributed by atoms with Gasteiger partial charge in [0.1, 0.15) is 0 Å². The van der Waals surface area contributed by atoms with Gasteiger partial charge in [-0.25, -0.2) is 0 Å². The van der Waals surface area contributed by atoms with E-state index in [1.165, 1.54) is 0 Å². The van der Waals surface area contributed by atoms with Crippen molar-refractivity contribution < 1.29 is 10.2 Å². The molecule has 2 nitrogen and oxygen atoms in total. The average molecular weight is 491 g/mol. The van der Waals surface area contributed by atoms with Gasteiger partial charge in [-0.2, -0.15) is 0 Å². The standard InChI is InChI=1S/C30H28Cl2O2/c1-19-13-15-23(17-21(19)3)29(33,25-9-5-7-11-27(25)31)30(34,26-10-6-8-12-28(26)32)24-16-14-20(2)22(4)18-24/h5-18,33-34H,1-4H3/t29-,30-/m1/s1. The lowest BCUT2D eigenvalue weighted by atomic mass is 9.65. The Bertz CT molecular complexity index is 1260. The van der Waals surface area contributed by atoms with Gasteiger partial charge >= 0.3 is 0 Å². The van der Waals surface area contributed by atoms with E-state index in [-0.39, 0.29) is 0 Å². The van der Waals surface area contributed by atoms with Crippen LogP contribution in [0.1, 0.15) is 44.5 Å². The van der Waals surface area contributed by atoms with Crippen molar-refractivity contribution in [2.45, 2.75) is 38.9 Å². The van der Waals surface area contributed by atoms with Gasteiger partial charge in [0.25, 0.3) is 0 Å². The Morgan fingerprint density at radius 2 is 0.853 bits per heavy atom. The van der Waals surface area contributed by atoms with Crippen molar-refractivity contribution in [1.29, 1.82) is 0 Å². The monoisotopic (exact) mass is 490 g/mol. The number of aliphatic hydroxyl groups is 2. The second kappa shape index (κ2) is 9.20. The van der Waals surface area contributed by atoms with Crippen LogP contribution in [0.4, 0.5) is 0 Å². The molecule has 174 valence electrons. The fraction of sp³-hybridized carbons (Fsp3) is 0.200. The van der Waals surface area contributed by atoms with Crippen LogP contribution in [0.3, 0.4) is 0 Å². The molecule has 0 aliphatic heterocycles. The summed E-state index contributed by atoms with van der Waals surface area (Å²) < 4.78 is 0. The summed E-state index contributed by atoms with van der Waals surface area (Å²) in [5.74, 6) is 0. The summed E-state index contributed by atoms with van der Waals surface area (Å²) in [6.07, 6.45) is 0. The van der Waals surface area contributed by atoms with Crippen molar-refractivity contribution in [1.82, 2.24) is 0 Å². The van der Waals surface area contributed by atoms with E-state index in [1.54, 1.807) is 48.5 Å². The molecule has 4 heteroatoms. The maximum Gasteiger partial charge on any atom is 0.153 e. The second-order valence-corrected chi connectivity index (χ2v) is 9.79. The smallest absolute Gasteiger partial charge is 0.153 e. The van der Waals surface area contributed by atoms with E-state index in [0.29, 0.717) is 32.3 Å². The van der Waals surface area contributed by atoms with Crippen LogP contribution >= 0.6 is 23.2 Å². The van der Waals surface area contributed by atoms with Crippen molar-refractivity contribution in [3.05, 3.63) is 139 Å². The predicted octanol–water partition coefficient (Wildman–Crippen LogP) is 7.40. The molecule has 0 aliphatic carbocycles. The van der Waals surface area contributed by atoms with Crippen molar-refractivity contribution in [3.63, 3.8) is 0 Å². The van der Waals surface area contributed by atoms with E-state index in [1.807, 2.05) is 64.1 Å². The molecule has 0 bridgehead atoms. The van der Waals surface area contributed by atoms with Crippen LogP contribution in [-0.2, 0) is 11.2 Å². The summed E-state index contributed by atoms with van der Waals surface area (Å²) in [6.45, 7) is 7.99. The van der Waals surface area contributed by atoms with Gasteiger partial charge in [0.15, 0.2) is 11.2 Å². The first-order chi connectivity index (χ1) is 16.1. The topological polar surface area (TPSA) is 40.5 Å². The molecule has 2 atom stereocenters. The van der Waals surface area contributed by atoms with Crippen LogP contribution in [0.2, 0.25) is 10.0 Å². The summed E-state index contributed by atoms with van der Waals surface area (Å²) in [5.41, 5.74) is 2.03. The molecule has 4 rings (SSSR count). The molecule has 34 heavy (non-hydrogen) atoms. The third-order valence-electron chi connectivity index (χ3n) is 6.90. The van der Waals surface area contributed by atoms with Gasteiger partial charge in [-0.05, 0) is 73.2 Å². The van der Waals surface area contributed by atoms with Crippen LogP contribution in [0.5, 0.6) is 0 Å². The average Bonchev–Trinajstić information content (AvgIpc) is 2.82. The molecule has 0 spiro atoms. The third-order valence-corrected chi connectivity index (χ3v) is 7.56. The van der Waals surface area contributed by atoms with Crippen LogP contribution in [0.25, 0.3) is 0 Å². The van der Waals surface area contributed by atoms with Gasteiger partial charge in [0.05, 0.1) is 0 Å². The molecular formula is C30H28Cl2O2. The fourth-order valence-electron chi connectivity index (χ4n) is 4.56. The number of hydrogen-bond acceptors (Lipinski definition) is 2. The third kappa shape index (κ3) is 3.85. The van der Waals surface area contributed by atoms with E-state index < -0.39 is 11.2 Å². The summed E-state index contributed by atoms with van der Waals surface area (Å²) in [4.78, 5) is 0. The van der Waals surface area contributed by atoms with Gasteiger partial charge in [0, 0.05) is 21.2 Å². The Morgan fingerprint density at radius 3 is 1.18 bits per heavy atom. The van der Waals surface area contributed by atoms with E-state index >= 15 is 0 Å². The number of benzene rings is 4. The second-order valence-electron chi connectivity index (χ2n) is 8.98. The molecule has 2 N–H and O–H groups in total. The van der Waals surface area contributed by atoms with Crippen LogP contribution in [0.15, 0.2) is 84.9 Å².